The van der Waals surface area contributed by atoms with Gasteiger partial charge in [0.1, 0.15) is 5.69 Å². The van der Waals surface area contributed by atoms with Gasteiger partial charge in [-0.25, -0.2) is 4.68 Å². The van der Waals surface area contributed by atoms with Crippen molar-refractivity contribution in [2.75, 3.05) is 26.7 Å². The highest BCUT2D eigenvalue weighted by molar-refractivity contribution is 6.00. The largest absolute Gasteiger partial charge is 0.338 e. The van der Waals surface area contributed by atoms with Gasteiger partial charge in [-0.2, -0.15) is 5.10 Å². The van der Waals surface area contributed by atoms with Crippen LogP contribution in [0.2, 0.25) is 0 Å². The molecule has 0 spiro atoms. The lowest BCUT2D eigenvalue weighted by molar-refractivity contribution is 0.0675. The fourth-order valence-electron chi connectivity index (χ4n) is 4.16. The number of para-hydroxylation sites is 1. The molecule has 2 aromatic carbocycles. The molecule has 0 radical (unpaired) electrons. The highest BCUT2D eigenvalue weighted by Gasteiger charge is 2.28. The summed E-state index contributed by atoms with van der Waals surface area (Å²) in [6.45, 7) is 4.61. The second kappa shape index (κ2) is 9.92. The molecule has 4 rings (SSSR count). The smallest absolute Gasteiger partial charge is 0.257 e. The Morgan fingerprint density at radius 2 is 1.87 bits per heavy atom. The summed E-state index contributed by atoms with van der Waals surface area (Å²) in [5.74, 6) is 0.579. The first kappa shape index (κ1) is 22.1. The van der Waals surface area contributed by atoms with Crippen LogP contribution < -0.4 is 5.32 Å². The van der Waals surface area contributed by atoms with Gasteiger partial charge in [0, 0.05) is 24.8 Å². The summed E-state index contributed by atoms with van der Waals surface area (Å²) in [5.41, 5.74) is 4.51. The lowest BCUT2D eigenvalue weighted by Crippen LogP contribution is -2.42. The van der Waals surface area contributed by atoms with Crippen molar-refractivity contribution in [1.29, 1.82) is 0 Å². The molecule has 1 N–H and O–H groups in total. The lowest BCUT2D eigenvalue weighted by Gasteiger charge is -2.32. The van der Waals surface area contributed by atoms with Gasteiger partial charge in [0.2, 0.25) is 0 Å². The number of likely N-dealkylation sites (tertiary alicyclic amines) is 1. The zero-order valence-electron chi connectivity index (χ0n) is 17.5. The van der Waals surface area contributed by atoms with Crippen LogP contribution in [-0.2, 0) is 0 Å². The number of halogens is 1. The molecule has 6 heteroatoms. The Balaban J connectivity index is 0.00000256. The summed E-state index contributed by atoms with van der Waals surface area (Å²) in [6, 6.07) is 18.1. The summed E-state index contributed by atoms with van der Waals surface area (Å²) in [4.78, 5) is 15.6. The van der Waals surface area contributed by atoms with Crippen LogP contribution in [-0.4, -0.2) is 47.3 Å². The molecule has 1 aliphatic heterocycles. The molecule has 0 saturated carbocycles. The van der Waals surface area contributed by atoms with Crippen LogP contribution in [0.15, 0.2) is 60.8 Å². The van der Waals surface area contributed by atoms with Gasteiger partial charge in [-0.3, -0.25) is 4.79 Å². The minimum atomic E-state index is 0. The van der Waals surface area contributed by atoms with Crippen LogP contribution in [0.5, 0.6) is 0 Å². The highest BCUT2D eigenvalue weighted by atomic mass is 35.5. The van der Waals surface area contributed by atoms with Gasteiger partial charge in [-0.05, 0) is 57.0 Å². The molecule has 1 fully saturated rings. The van der Waals surface area contributed by atoms with E-state index in [1.54, 1.807) is 0 Å². The number of nitrogens with zero attached hydrogens (tertiary/aromatic N) is 3. The Labute approximate surface area is 184 Å². The molecule has 2 heterocycles. The van der Waals surface area contributed by atoms with Gasteiger partial charge < -0.3 is 10.2 Å². The second-order valence-corrected chi connectivity index (χ2v) is 7.80. The Bertz CT molecular complexity index is 984. The predicted molar refractivity (Wildman–Crippen MR) is 124 cm³/mol. The Morgan fingerprint density at radius 3 is 2.60 bits per heavy atom. The third kappa shape index (κ3) is 4.58. The van der Waals surface area contributed by atoms with Crippen LogP contribution in [0.4, 0.5) is 0 Å². The topological polar surface area (TPSA) is 50.2 Å². The standard InChI is InChI=1S/C24H28N4O.ClH/c1-18-9-6-7-13-21(18)23-22(17-28(26-23)20-11-4-3-5-12-20)24(29)27-14-8-10-19(16-27)15-25-2;/h3-7,9,11-13,17,19,25H,8,10,14-16H2,1-2H3;1H. The van der Waals surface area contributed by atoms with Gasteiger partial charge in [0.05, 0.1) is 11.3 Å². The fourth-order valence-corrected chi connectivity index (χ4v) is 4.16. The number of aryl methyl sites for hydroxylation is 1. The number of amides is 1. The summed E-state index contributed by atoms with van der Waals surface area (Å²) in [6.07, 6.45) is 4.10. The predicted octanol–water partition coefficient (Wildman–Crippen LogP) is 4.34. The van der Waals surface area contributed by atoms with Crippen molar-refractivity contribution in [3.05, 3.63) is 71.9 Å². The zero-order chi connectivity index (χ0) is 20.2. The Morgan fingerprint density at radius 1 is 1.13 bits per heavy atom. The van der Waals surface area contributed by atoms with E-state index in [0.29, 0.717) is 11.5 Å². The van der Waals surface area contributed by atoms with Crippen LogP contribution in [0.25, 0.3) is 16.9 Å². The molecular formula is C24H29ClN4O. The third-order valence-corrected chi connectivity index (χ3v) is 5.66. The maximum absolute atomic E-state index is 13.6. The van der Waals surface area contributed by atoms with Crippen molar-refractivity contribution in [3.8, 4) is 16.9 Å². The monoisotopic (exact) mass is 424 g/mol. The van der Waals surface area contributed by atoms with Gasteiger partial charge in [-0.1, -0.05) is 42.5 Å². The third-order valence-electron chi connectivity index (χ3n) is 5.66. The minimum Gasteiger partial charge on any atom is -0.338 e. The van der Waals surface area contributed by atoms with E-state index in [9.17, 15) is 4.79 Å². The second-order valence-electron chi connectivity index (χ2n) is 7.80. The number of hydrogen-bond acceptors (Lipinski definition) is 3. The van der Waals surface area contributed by atoms with Crippen LogP contribution in [0, 0.1) is 12.8 Å². The average molecular weight is 425 g/mol. The maximum atomic E-state index is 13.6. The van der Waals surface area contributed by atoms with E-state index >= 15 is 0 Å². The van der Waals surface area contributed by atoms with Gasteiger partial charge >= 0.3 is 0 Å². The molecule has 0 bridgehead atoms. The Hall–Kier alpha value is -2.63. The number of carbonyl (C=O) groups is 1. The molecule has 1 atom stereocenters. The van der Waals surface area contributed by atoms with Gasteiger partial charge in [0.15, 0.2) is 0 Å². The molecular weight excluding hydrogens is 396 g/mol. The molecule has 30 heavy (non-hydrogen) atoms. The van der Waals surface area contributed by atoms with Crippen molar-refractivity contribution < 1.29 is 4.79 Å². The molecule has 158 valence electrons. The summed E-state index contributed by atoms with van der Waals surface area (Å²) in [5, 5.41) is 8.09. The highest BCUT2D eigenvalue weighted by Crippen LogP contribution is 2.29. The average Bonchev–Trinajstić information content (AvgIpc) is 3.20. The number of rotatable bonds is 5. The van der Waals surface area contributed by atoms with Crippen molar-refractivity contribution in [1.82, 2.24) is 20.0 Å². The molecule has 1 unspecified atom stereocenters. The van der Waals surface area contributed by atoms with E-state index in [1.165, 1.54) is 6.42 Å². The van der Waals surface area contributed by atoms with E-state index in [4.69, 9.17) is 5.10 Å². The van der Waals surface area contributed by atoms with Crippen molar-refractivity contribution in [2.45, 2.75) is 19.8 Å². The summed E-state index contributed by atoms with van der Waals surface area (Å²) >= 11 is 0. The first-order valence-corrected chi connectivity index (χ1v) is 10.3. The molecule has 5 nitrogen and oxygen atoms in total. The quantitative estimate of drug-likeness (QED) is 0.662. The minimum absolute atomic E-state index is 0. The molecule has 1 saturated heterocycles. The van der Waals surface area contributed by atoms with Crippen molar-refractivity contribution in [3.63, 3.8) is 0 Å². The van der Waals surface area contributed by atoms with Crippen LogP contribution in [0.1, 0.15) is 28.8 Å². The number of piperidine rings is 1. The van der Waals surface area contributed by atoms with E-state index in [1.807, 2.05) is 71.4 Å². The van der Waals surface area contributed by atoms with Gasteiger partial charge in [0.25, 0.3) is 5.91 Å². The number of benzene rings is 2. The molecule has 1 aliphatic rings. The zero-order valence-corrected chi connectivity index (χ0v) is 18.4. The van der Waals surface area contributed by atoms with Gasteiger partial charge in [-0.15, -0.1) is 12.4 Å². The maximum Gasteiger partial charge on any atom is 0.257 e. The lowest BCUT2D eigenvalue weighted by atomic mass is 9.96. The number of carbonyl (C=O) groups excluding carboxylic acids is 1. The summed E-state index contributed by atoms with van der Waals surface area (Å²) in [7, 11) is 1.97. The van der Waals surface area contributed by atoms with Crippen LogP contribution >= 0.6 is 12.4 Å². The number of hydrogen-bond donors (Lipinski definition) is 1. The fraction of sp³-hybridized carbons (Fsp3) is 0.333. The first-order chi connectivity index (χ1) is 14.2. The SMILES string of the molecule is CNCC1CCCN(C(=O)c2cn(-c3ccccc3)nc2-c2ccccc2C)C1.Cl. The van der Waals surface area contributed by atoms with E-state index < -0.39 is 0 Å². The molecule has 0 aliphatic carbocycles. The molecule has 3 aromatic rings. The number of aromatic nitrogens is 2. The van der Waals surface area contributed by atoms with E-state index in [0.717, 1.165) is 48.6 Å². The van der Waals surface area contributed by atoms with E-state index in [-0.39, 0.29) is 18.3 Å². The Kier molecular flexibility index (Phi) is 7.29. The first-order valence-electron chi connectivity index (χ1n) is 10.3. The van der Waals surface area contributed by atoms with E-state index in [2.05, 4.69) is 18.3 Å². The number of nitrogens with one attached hydrogen (secondary N) is 1. The normalized spacial score (nSPS) is 16.2. The van der Waals surface area contributed by atoms with Crippen molar-refractivity contribution >= 4 is 18.3 Å². The van der Waals surface area contributed by atoms with Crippen LogP contribution in [0.3, 0.4) is 0 Å². The molecule has 1 aromatic heterocycles. The summed E-state index contributed by atoms with van der Waals surface area (Å²) < 4.78 is 1.82. The van der Waals surface area contributed by atoms with Crippen molar-refractivity contribution in [2.24, 2.45) is 5.92 Å². The molecule has 1 amide bonds.